The van der Waals surface area contributed by atoms with Crippen LogP contribution in [0.4, 0.5) is 0 Å². The smallest absolute Gasteiger partial charge is 0.215 e. The number of ketones is 1. The first-order chi connectivity index (χ1) is 10.5. The van der Waals surface area contributed by atoms with Crippen molar-refractivity contribution in [2.24, 2.45) is 5.73 Å². The second kappa shape index (κ2) is 7.15. The van der Waals surface area contributed by atoms with Crippen molar-refractivity contribution >= 4 is 27.0 Å². The molecular weight excluding hydrogens is 322 g/mol. The second-order valence-corrected chi connectivity index (χ2v) is 8.05. The van der Waals surface area contributed by atoms with Gasteiger partial charge in [-0.25, -0.2) is 8.42 Å². The van der Waals surface area contributed by atoms with Crippen LogP contribution in [0.3, 0.4) is 0 Å². The van der Waals surface area contributed by atoms with Crippen LogP contribution in [-0.4, -0.2) is 25.9 Å². The molecule has 0 aliphatic carbocycles. The summed E-state index contributed by atoms with van der Waals surface area (Å²) in [6.45, 7) is 0.262. The van der Waals surface area contributed by atoms with Gasteiger partial charge >= 0.3 is 0 Å². The lowest BCUT2D eigenvalue weighted by Crippen LogP contribution is -2.03. The Hall–Kier alpha value is -1.54. The third-order valence-corrected chi connectivity index (χ3v) is 6.52. The van der Waals surface area contributed by atoms with Crippen molar-refractivity contribution in [2.75, 3.05) is 6.61 Å². The van der Waals surface area contributed by atoms with Crippen LogP contribution < -0.4 is 5.73 Å². The Morgan fingerprint density at radius 3 is 2.36 bits per heavy atom. The van der Waals surface area contributed by atoms with Crippen LogP contribution in [0.25, 0.3) is 0 Å². The first kappa shape index (κ1) is 16.8. The van der Waals surface area contributed by atoms with Crippen molar-refractivity contribution in [3.05, 3.63) is 46.8 Å². The Bertz CT molecular complexity index is 748. The van der Waals surface area contributed by atoms with Crippen LogP contribution in [0, 0.1) is 0 Å². The SMILES string of the molecule is NCc1ccc(S(=O)(=O)c2ccc(C(=O)CCCO)cc2)s1. The van der Waals surface area contributed by atoms with Gasteiger partial charge < -0.3 is 10.8 Å². The number of nitrogens with two attached hydrogens (primary N) is 1. The van der Waals surface area contributed by atoms with E-state index >= 15 is 0 Å². The molecule has 1 aromatic carbocycles. The highest BCUT2D eigenvalue weighted by atomic mass is 32.2. The molecular formula is C15H17NO4S2. The number of aliphatic hydroxyl groups excluding tert-OH is 1. The normalized spacial score (nSPS) is 11.5. The van der Waals surface area contributed by atoms with Gasteiger partial charge in [0.1, 0.15) is 4.21 Å². The highest BCUT2D eigenvalue weighted by molar-refractivity contribution is 7.93. The maximum atomic E-state index is 12.5. The molecule has 0 aliphatic heterocycles. The Morgan fingerprint density at radius 1 is 1.14 bits per heavy atom. The van der Waals surface area contributed by atoms with Gasteiger partial charge in [-0.15, -0.1) is 11.3 Å². The lowest BCUT2D eigenvalue weighted by atomic mass is 10.1. The molecule has 0 saturated heterocycles. The monoisotopic (exact) mass is 339 g/mol. The van der Waals surface area contributed by atoms with E-state index in [1.807, 2.05) is 0 Å². The van der Waals surface area contributed by atoms with E-state index in [9.17, 15) is 13.2 Å². The zero-order valence-electron chi connectivity index (χ0n) is 11.9. The molecule has 5 nitrogen and oxygen atoms in total. The predicted molar refractivity (Wildman–Crippen MR) is 84.8 cm³/mol. The molecule has 2 aromatic rings. The van der Waals surface area contributed by atoms with Gasteiger partial charge in [-0.3, -0.25) is 4.79 Å². The number of benzene rings is 1. The number of sulfone groups is 1. The summed E-state index contributed by atoms with van der Waals surface area (Å²) < 4.78 is 25.2. The van der Waals surface area contributed by atoms with E-state index in [2.05, 4.69) is 0 Å². The van der Waals surface area contributed by atoms with E-state index in [1.165, 1.54) is 24.3 Å². The summed E-state index contributed by atoms with van der Waals surface area (Å²) in [5.74, 6) is -0.112. The highest BCUT2D eigenvalue weighted by Gasteiger charge is 2.20. The zero-order chi connectivity index (χ0) is 16.2. The van der Waals surface area contributed by atoms with Crippen LogP contribution >= 0.6 is 11.3 Å². The van der Waals surface area contributed by atoms with E-state index in [1.54, 1.807) is 12.1 Å². The van der Waals surface area contributed by atoms with Crippen molar-refractivity contribution in [2.45, 2.75) is 28.5 Å². The van der Waals surface area contributed by atoms with Crippen LogP contribution in [-0.2, 0) is 16.4 Å². The van der Waals surface area contributed by atoms with Gasteiger partial charge in [0.15, 0.2) is 5.78 Å². The van der Waals surface area contributed by atoms with Crippen LogP contribution in [0.15, 0.2) is 45.5 Å². The third-order valence-electron chi connectivity index (χ3n) is 3.15. The quantitative estimate of drug-likeness (QED) is 0.752. The second-order valence-electron chi connectivity index (χ2n) is 4.70. The topological polar surface area (TPSA) is 97.5 Å². The summed E-state index contributed by atoms with van der Waals surface area (Å²) in [6, 6.07) is 9.12. The molecule has 0 aliphatic rings. The summed E-state index contributed by atoms with van der Waals surface area (Å²) in [6.07, 6.45) is 0.642. The largest absolute Gasteiger partial charge is 0.396 e. The van der Waals surface area contributed by atoms with Crippen molar-refractivity contribution in [3.63, 3.8) is 0 Å². The van der Waals surface area contributed by atoms with Gasteiger partial charge in [-0.05, 0) is 30.7 Å². The number of carbonyl (C=O) groups is 1. The van der Waals surface area contributed by atoms with Crippen LogP contribution in [0.2, 0.25) is 0 Å². The van der Waals surface area contributed by atoms with Gasteiger partial charge in [-0.2, -0.15) is 0 Å². The molecule has 0 spiro atoms. The minimum Gasteiger partial charge on any atom is -0.396 e. The van der Waals surface area contributed by atoms with Gasteiger partial charge in [-0.1, -0.05) is 12.1 Å². The van der Waals surface area contributed by atoms with Crippen molar-refractivity contribution in [1.29, 1.82) is 0 Å². The van der Waals surface area contributed by atoms with E-state index in [0.717, 1.165) is 16.2 Å². The molecule has 0 radical (unpaired) electrons. The third kappa shape index (κ3) is 3.61. The number of aliphatic hydroxyl groups is 1. The predicted octanol–water partition coefficient (Wildman–Crippen LogP) is 1.99. The summed E-state index contributed by atoms with van der Waals surface area (Å²) in [4.78, 5) is 12.8. The minimum atomic E-state index is -3.58. The van der Waals surface area contributed by atoms with E-state index in [0.29, 0.717) is 18.5 Å². The fourth-order valence-electron chi connectivity index (χ4n) is 1.93. The zero-order valence-corrected chi connectivity index (χ0v) is 13.5. The Labute approximate surface area is 133 Å². The summed E-state index contributed by atoms with van der Waals surface area (Å²) in [7, 11) is -3.58. The minimum absolute atomic E-state index is 0.0416. The molecule has 0 saturated carbocycles. The molecule has 22 heavy (non-hydrogen) atoms. The first-order valence-corrected chi connectivity index (χ1v) is 9.07. The standard InChI is InChI=1S/C15H17NO4S2/c16-10-12-5-8-15(21-12)22(19,20)13-6-3-11(4-7-13)14(18)2-1-9-17/h3-8,17H,1-2,9-10,16H2. The van der Waals surface area contributed by atoms with Crippen molar-refractivity contribution in [3.8, 4) is 0 Å². The lowest BCUT2D eigenvalue weighted by Gasteiger charge is -2.04. The van der Waals surface area contributed by atoms with E-state index < -0.39 is 9.84 Å². The fraction of sp³-hybridized carbons (Fsp3) is 0.267. The number of carbonyl (C=O) groups excluding carboxylic acids is 1. The molecule has 0 bridgehead atoms. The molecule has 0 atom stereocenters. The molecule has 7 heteroatoms. The lowest BCUT2D eigenvalue weighted by molar-refractivity contribution is 0.0971. The Kier molecular flexibility index (Phi) is 5.47. The number of Topliss-reactive ketones (excluding diaryl/α,β-unsaturated/α-hetero) is 1. The maximum absolute atomic E-state index is 12.5. The van der Waals surface area contributed by atoms with Crippen molar-refractivity contribution in [1.82, 2.24) is 0 Å². The number of rotatable bonds is 7. The van der Waals surface area contributed by atoms with Crippen LogP contribution in [0.1, 0.15) is 28.1 Å². The molecule has 1 heterocycles. The van der Waals surface area contributed by atoms with E-state index in [-0.39, 0.29) is 27.9 Å². The van der Waals surface area contributed by atoms with Gasteiger partial charge in [0.2, 0.25) is 9.84 Å². The van der Waals surface area contributed by atoms with Crippen molar-refractivity contribution < 1.29 is 18.3 Å². The molecule has 118 valence electrons. The van der Waals surface area contributed by atoms with E-state index in [4.69, 9.17) is 10.8 Å². The summed E-state index contributed by atoms with van der Waals surface area (Å²) in [5.41, 5.74) is 5.94. The maximum Gasteiger partial charge on any atom is 0.215 e. The average molecular weight is 339 g/mol. The van der Waals surface area contributed by atoms with Crippen LogP contribution in [0.5, 0.6) is 0 Å². The molecule has 0 fully saturated rings. The number of hydrogen-bond donors (Lipinski definition) is 2. The Balaban J connectivity index is 2.24. The fourth-order valence-corrected chi connectivity index (χ4v) is 4.57. The average Bonchev–Trinajstić information content (AvgIpc) is 3.02. The molecule has 0 amide bonds. The molecule has 1 aromatic heterocycles. The molecule has 2 rings (SSSR count). The highest BCUT2D eigenvalue weighted by Crippen LogP contribution is 2.27. The number of thiophene rings is 1. The van der Waals surface area contributed by atoms with Gasteiger partial charge in [0, 0.05) is 30.0 Å². The molecule has 0 unspecified atom stereocenters. The number of hydrogen-bond acceptors (Lipinski definition) is 6. The van der Waals surface area contributed by atoms with Gasteiger partial charge in [0.05, 0.1) is 4.90 Å². The summed E-state index contributed by atoms with van der Waals surface area (Å²) >= 11 is 1.15. The molecule has 3 N–H and O–H groups in total. The van der Waals surface area contributed by atoms with Gasteiger partial charge in [0.25, 0.3) is 0 Å². The Morgan fingerprint density at radius 2 is 1.82 bits per heavy atom. The summed E-state index contributed by atoms with van der Waals surface area (Å²) in [5, 5.41) is 8.72. The first-order valence-electron chi connectivity index (χ1n) is 6.77.